The van der Waals surface area contributed by atoms with Crippen LogP contribution in [-0.4, -0.2) is 14.2 Å². The first-order chi connectivity index (χ1) is 8.26. The number of benzene rings is 1. The van der Waals surface area contributed by atoms with E-state index in [4.69, 9.17) is 9.15 Å². The number of nitrogens with one attached hydrogen (secondary N) is 1. The molecular weight excluding hydrogens is 221 g/mol. The third-order valence-electron chi connectivity index (χ3n) is 2.67. The van der Waals surface area contributed by atoms with E-state index in [1.165, 1.54) is 13.2 Å². The summed E-state index contributed by atoms with van der Waals surface area (Å²) in [4.78, 5) is 0. The maximum Gasteiger partial charge on any atom is 0.165 e. The van der Waals surface area contributed by atoms with Crippen molar-refractivity contribution in [2.24, 2.45) is 0 Å². The quantitative estimate of drug-likeness (QED) is 0.884. The van der Waals surface area contributed by atoms with Crippen LogP contribution in [0.2, 0.25) is 0 Å². The van der Waals surface area contributed by atoms with Crippen LogP contribution in [0.4, 0.5) is 4.39 Å². The molecule has 0 aliphatic rings. The SMILES string of the molecule is CNC(c1ccoc1)c1ccc(F)c(OC)c1. The van der Waals surface area contributed by atoms with Crippen molar-refractivity contribution in [3.8, 4) is 5.75 Å². The monoisotopic (exact) mass is 235 g/mol. The van der Waals surface area contributed by atoms with Crippen LogP contribution in [-0.2, 0) is 0 Å². The minimum atomic E-state index is -0.363. The summed E-state index contributed by atoms with van der Waals surface area (Å²) in [6, 6.07) is 6.65. The van der Waals surface area contributed by atoms with E-state index in [-0.39, 0.29) is 17.6 Å². The second-order valence-electron chi connectivity index (χ2n) is 3.67. The Hall–Kier alpha value is -1.81. The zero-order chi connectivity index (χ0) is 12.3. The van der Waals surface area contributed by atoms with Gasteiger partial charge in [-0.25, -0.2) is 4.39 Å². The average molecular weight is 235 g/mol. The minimum absolute atomic E-state index is 0.0387. The number of hydrogen-bond acceptors (Lipinski definition) is 3. The molecule has 4 heteroatoms. The van der Waals surface area contributed by atoms with E-state index < -0.39 is 0 Å². The van der Waals surface area contributed by atoms with Crippen molar-refractivity contribution in [3.63, 3.8) is 0 Å². The maximum absolute atomic E-state index is 13.3. The number of halogens is 1. The Kier molecular flexibility index (Phi) is 3.44. The van der Waals surface area contributed by atoms with Gasteiger partial charge in [0.2, 0.25) is 0 Å². The van der Waals surface area contributed by atoms with Crippen molar-refractivity contribution in [3.05, 3.63) is 53.7 Å². The first-order valence-electron chi connectivity index (χ1n) is 5.29. The highest BCUT2D eigenvalue weighted by Gasteiger charge is 2.15. The van der Waals surface area contributed by atoms with E-state index in [0.717, 1.165) is 11.1 Å². The van der Waals surface area contributed by atoms with Crippen LogP contribution in [0.25, 0.3) is 0 Å². The Morgan fingerprint density at radius 2 is 2.12 bits per heavy atom. The lowest BCUT2D eigenvalue weighted by Crippen LogP contribution is -2.17. The second kappa shape index (κ2) is 5.01. The van der Waals surface area contributed by atoms with Crippen molar-refractivity contribution in [2.75, 3.05) is 14.2 Å². The summed E-state index contributed by atoms with van der Waals surface area (Å²) in [6.45, 7) is 0. The number of methoxy groups -OCH3 is 1. The largest absolute Gasteiger partial charge is 0.494 e. The van der Waals surface area contributed by atoms with Gasteiger partial charge >= 0.3 is 0 Å². The van der Waals surface area contributed by atoms with Gasteiger partial charge in [-0.2, -0.15) is 0 Å². The molecule has 90 valence electrons. The predicted octanol–water partition coefficient (Wildman–Crippen LogP) is 2.74. The summed E-state index contributed by atoms with van der Waals surface area (Å²) in [5, 5.41) is 3.15. The zero-order valence-corrected chi connectivity index (χ0v) is 9.74. The van der Waals surface area contributed by atoms with Gasteiger partial charge in [0.05, 0.1) is 25.7 Å². The molecular formula is C13H14FNO2. The molecule has 2 rings (SSSR count). The van der Waals surface area contributed by atoms with Crippen LogP contribution in [0.5, 0.6) is 5.75 Å². The molecule has 1 unspecified atom stereocenters. The smallest absolute Gasteiger partial charge is 0.165 e. The third kappa shape index (κ3) is 2.31. The predicted molar refractivity (Wildman–Crippen MR) is 62.6 cm³/mol. The third-order valence-corrected chi connectivity index (χ3v) is 2.67. The number of hydrogen-bond donors (Lipinski definition) is 1. The first-order valence-corrected chi connectivity index (χ1v) is 5.29. The normalized spacial score (nSPS) is 12.4. The number of ether oxygens (including phenoxy) is 1. The number of furan rings is 1. The Morgan fingerprint density at radius 1 is 1.29 bits per heavy atom. The summed E-state index contributed by atoms with van der Waals surface area (Å²) in [5.41, 5.74) is 1.91. The molecule has 1 aromatic carbocycles. The molecule has 3 nitrogen and oxygen atoms in total. The fourth-order valence-electron chi connectivity index (χ4n) is 1.82. The Labute approximate surface area is 99.2 Å². The molecule has 0 spiro atoms. The highest BCUT2D eigenvalue weighted by molar-refractivity contribution is 5.36. The van der Waals surface area contributed by atoms with Crippen LogP contribution in [0.3, 0.4) is 0 Å². The van der Waals surface area contributed by atoms with Crippen molar-refractivity contribution in [1.29, 1.82) is 0 Å². The molecule has 0 bridgehead atoms. The molecule has 1 heterocycles. The molecule has 0 fully saturated rings. The molecule has 0 amide bonds. The van der Waals surface area contributed by atoms with Crippen molar-refractivity contribution < 1.29 is 13.5 Å². The fraction of sp³-hybridized carbons (Fsp3) is 0.231. The lowest BCUT2D eigenvalue weighted by molar-refractivity contribution is 0.385. The first kappa shape index (κ1) is 11.7. The van der Waals surface area contributed by atoms with Gasteiger partial charge in [0.25, 0.3) is 0 Å². The van der Waals surface area contributed by atoms with Gasteiger partial charge in [-0.3, -0.25) is 0 Å². The van der Waals surface area contributed by atoms with Crippen LogP contribution in [0.15, 0.2) is 41.2 Å². The molecule has 2 aromatic rings. The van der Waals surface area contributed by atoms with Crippen LogP contribution >= 0.6 is 0 Å². The van der Waals surface area contributed by atoms with Crippen LogP contribution in [0, 0.1) is 5.82 Å². The molecule has 1 N–H and O–H groups in total. The Morgan fingerprint density at radius 3 is 2.71 bits per heavy atom. The van der Waals surface area contributed by atoms with Gasteiger partial charge in [-0.1, -0.05) is 6.07 Å². The van der Waals surface area contributed by atoms with E-state index in [1.54, 1.807) is 24.7 Å². The molecule has 1 atom stereocenters. The summed E-state index contributed by atoms with van der Waals surface area (Å²) < 4.78 is 23.3. The highest BCUT2D eigenvalue weighted by Crippen LogP contribution is 2.26. The van der Waals surface area contributed by atoms with Gasteiger partial charge in [-0.15, -0.1) is 0 Å². The average Bonchev–Trinajstić information content (AvgIpc) is 2.86. The van der Waals surface area contributed by atoms with Crippen molar-refractivity contribution in [2.45, 2.75) is 6.04 Å². The maximum atomic E-state index is 13.3. The highest BCUT2D eigenvalue weighted by atomic mass is 19.1. The molecule has 0 saturated carbocycles. The van der Waals surface area contributed by atoms with Gasteiger partial charge < -0.3 is 14.5 Å². The lowest BCUT2D eigenvalue weighted by Gasteiger charge is -2.16. The molecule has 17 heavy (non-hydrogen) atoms. The molecule has 0 aliphatic heterocycles. The van der Waals surface area contributed by atoms with Gasteiger partial charge in [0, 0.05) is 5.56 Å². The molecule has 0 saturated heterocycles. The van der Waals surface area contributed by atoms with E-state index in [9.17, 15) is 4.39 Å². The van der Waals surface area contributed by atoms with E-state index in [1.807, 2.05) is 13.1 Å². The summed E-state index contributed by atoms with van der Waals surface area (Å²) in [6.07, 6.45) is 3.28. The van der Waals surface area contributed by atoms with Gasteiger partial charge in [0.1, 0.15) is 0 Å². The minimum Gasteiger partial charge on any atom is -0.494 e. The molecule has 0 radical (unpaired) electrons. The lowest BCUT2D eigenvalue weighted by atomic mass is 10.0. The van der Waals surface area contributed by atoms with E-state index >= 15 is 0 Å². The van der Waals surface area contributed by atoms with E-state index in [0.29, 0.717) is 0 Å². The standard InChI is InChI=1S/C13H14FNO2/c1-15-13(10-5-6-17-8-10)9-3-4-11(14)12(7-9)16-2/h3-8,13,15H,1-2H3. The molecule has 1 aromatic heterocycles. The topological polar surface area (TPSA) is 34.4 Å². The Balaban J connectivity index is 2.38. The Bertz CT molecular complexity index is 482. The van der Waals surface area contributed by atoms with Gasteiger partial charge in [-0.05, 0) is 30.8 Å². The zero-order valence-electron chi connectivity index (χ0n) is 9.74. The van der Waals surface area contributed by atoms with E-state index in [2.05, 4.69) is 5.32 Å². The fourth-order valence-corrected chi connectivity index (χ4v) is 1.82. The van der Waals surface area contributed by atoms with Gasteiger partial charge in [0.15, 0.2) is 11.6 Å². The summed E-state index contributed by atoms with van der Waals surface area (Å²) in [5.74, 6) is -0.121. The number of rotatable bonds is 4. The molecule has 0 aliphatic carbocycles. The summed E-state index contributed by atoms with van der Waals surface area (Å²) in [7, 11) is 3.29. The van der Waals surface area contributed by atoms with Crippen LogP contribution in [0.1, 0.15) is 17.2 Å². The van der Waals surface area contributed by atoms with Crippen molar-refractivity contribution in [1.82, 2.24) is 5.32 Å². The van der Waals surface area contributed by atoms with Crippen LogP contribution < -0.4 is 10.1 Å². The van der Waals surface area contributed by atoms with Crippen molar-refractivity contribution >= 4 is 0 Å². The summed E-state index contributed by atoms with van der Waals surface area (Å²) >= 11 is 0. The second-order valence-corrected chi connectivity index (χ2v) is 3.67.